The molecule has 1 atom stereocenters. The van der Waals surface area contributed by atoms with Crippen LogP contribution in [0.2, 0.25) is 0 Å². The zero-order valence-corrected chi connectivity index (χ0v) is 19.1. The van der Waals surface area contributed by atoms with Gasteiger partial charge in [-0.3, -0.25) is 4.79 Å². The van der Waals surface area contributed by atoms with Gasteiger partial charge in [-0.2, -0.15) is 23.0 Å². The SMILES string of the molecule is CC(c1ncnn1-c1ncccn1)N(CC1CC1)C(=O)c1cc(OC2CCC2)cc(C(F)(F)F)c1. The van der Waals surface area contributed by atoms with Crippen molar-refractivity contribution < 1.29 is 22.7 Å². The first-order valence-electron chi connectivity index (χ1n) is 11.7. The molecule has 184 valence electrons. The Morgan fingerprint density at radius 1 is 1.14 bits per heavy atom. The van der Waals surface area contributed by atoms with E-state index in [0.717, 1.165) is 44.2 Å². The number of ether oxygens (including phenoxy) is 1. The molecule has 2 fully saturated rings. The van der Waals surface area contributed by atoms with E-state index < -0.39 is 23.7 Å². The number of carbonyl (C=O) groups excluding carboxylic acids is 1. The van der Waals surface area contributed by atoms with Crippen LogP contribution in [-0.2, 0) is 6.18 Å². The molecule has 0 N–H and O–H groups in total. The predicted octanol–water partition coefficient (Wildman–Crippen LogP) is 4.62. The van der Waals surface area contributed by atoms with Crippen molar-refractivity contribution in [2.24, 2.45) is 5.92 Å². The third-order valence-electron chi connectivity index (χ3n) is 6.41. The summed E-state index contributed by atoms with van der Waals surface area (Å²) in [6, 6.07) is 4.36. The van der Waals surface area contributed by atoms with Crippen molar-refractivity contribution in [2.45, 2.75) is 57.3 Å². The fourth-order valence-electron chi connectivity index (χ4n) is 4.03. The molecule has 5 rings (SSSR count). The lowest BCUT2D eigenvalue weighted by Gasteiger charge is -2.30. The number of amides is 1. The maximum atomic E-state index is 13.7. The second-order valence-electron chi connectivity index (χ2n) is 9.07. The molecular weight excluding hydrogens is 461 g/mol. The van der Waals surface area contributed by atoms with Crippen molar-refractivity contribution in [1.29, 1.82) is 0 Å². The van der Waals surface area contributed by atoms with E-state index in [1.54, 1.807) is 30.3 Å². The van der Waals surface area contributed by atoms with Gasteiger partial charge in [-0.05, 0) is 69.2 Å². The molecule has 1 unspecified atom stereocenters. The fourth-order valence-corrected chi connectivity index (χ4v) is 4.03. The van der Waals surface area contributed by atoms with E-state index in [-0.39, 0.29) is 17.4 Å². The van der Waals surface area contributed by atoms with Crippen molar-refractivity contribution in [3.8, 4) is 11.7 Å². The van der Waals surface area contributed by atoms with Crippen LogP contribution in [0.5, 0.6) is 5.75 Å². The van der Waals surface area contributed by atoms with E-state index in [1.165, 1.54) is 17.1 Å². The van der Waals surface area contributed by atoms with Crippen molar-refractivity contribution in [3.05, 3.63) is 59.9 Å². The lowest BCUT2D eigenvalue weighted by atomic mass is 9.96. The summed E-state index contributed by atoms with van der Waals surface area (Å²) < 4.78 is 48.2. The minimum atomic E-state index is -4.61. The molecule has 0 radical (unpaired) electrons. The highest BCUT2D eigenvalue weighted by Crippen LogP contribution is 2.37. The van der Waals surface area contributed by atoms with Crippen LogP contribution < -0.4 is 4.74 Å². The number of halogens is 3. The van der Waals surface area contributed by atoms with E-state index in [9.17, 15) is 18.0 Å². The number of aromatic nitrogens is 5. The normalized spacial score (nSPS) is 17.0. The Morgan fingerprint density at radius 3 is 2.51 bits per heavy atom. The van der Waals surface area contributed by atoms with Gasteiger partial charge in [0.15, 0.2) is 5.82 Å². The number of alkyl halides is 3. The second-order valence-corrected chi connectivity index (χ2v) is 9.07. The van der Waals surface area contributed by atoms with Crippen LogP contribution >= 0.6 is 0 Å². The van der Waals surface area contributed by atoms with E-state index in [0.29, 0.717) is 24.2 Å². The van der Waals surface area contributed by atoms with Gasteiger partial charge in [0.1, 0.15) is 12.1 Å². The first kappa shape index (κ1) is 23.3. The lowest BCUT2D eigenvalue weighted by molar-refractivity contribution is -0.137. The summed E-state index contributed by atoms with van der Waals surface area (Å²) in [5, 5.41) is 4.20. The van der Waals surface area contributed by atoms with Gasteiger partial charge >= 0.3 is 6.18 Å². The molecule has 2 aromatic heterocycles. The largest absolute Gasteiger partial charge is 0.490 e. The molecule has 1 aromatic carbocycles. The molecule has 2 heterocycles. The van der Waals surface area contributed by atoms with E-state index in [1.807, 2.05) is 0 Å². The highest BCUT2D eigenvalue weighted by molar-refractivity contribution is 5.95. The molecule has 0 bridgehead atoms. The first-order valence-corrected chi connectivity index (χ1v) is 11.7. The summed E-state index contributed by atoms with van der Waals surface area (Å²) in [5.41, 5.74) is -0.971. The zero-order valence-electron chi connectivity index (χ0n) is 19.1. The van der Waals surface area contributed by atoms with E-state index in [2.05, 4.69) is 20.1 Å². The first-order chi connectivity index (χ1) is 16.8. The highest BCUT2D eigenvalue weighted by Gasteiger charge is 2.36. The maximum absolute atomic E-state index is 13.7. The van der Waals surface area contributed by atoms with Gasteiger partial charge in [0.2, 0.25) is 0 Å². The van der Waals surface area contributed by atoms with Crippen LogP contribution in [0.4, 0.5) is 13.2 Å². The van der Waals surface area contributed by atoms with Crippen LogP contribution in [0.15, 0.2) is 43.0 Å². The number of hydrogen-bond acceptors (Lipinski definition) is 6. The minimum absolute atomic E-state index is 0.0627. The van der Waals surface area contributed by atoms with Crippen LogP contribution in [-0.4, -0.2) is 48.2 Å². The Balaban J connectivity index is 1.49. The fraction of sp³-hybridized carbons (Fsp3) is 0.458. The summed E-state index contributed by atoms with van der Waals surface area (Å²) in [6.07, 6.45) is 4.25. The highest BCUT2D eigenvalue weighted by atomic mass is 19.4. The third kappa shape index (κ3) is 5.13. The molecule has 2 saturated carbocycles. The summed E-state index contributed by atoms with van der Waals surface area (Å²) >= 11 is 0. The van der Waals surface area contributed by atoms with Crippen LogP contribution in [0.1, 0.15) is 66.8 Å². The Morgan fingerprint density at radius 2 is 1.89 bits per heavy atom. The third-order valence-corrected chi connectivity index (χ3v) is 6.41. The van der Waals surface area contributed by atoms with E-state index >= 15 is 0 Å². The average Bonchev–Trinajstić information content (AvgIpc) is 3.51. The second kappa shape index (κ2) is 9.27. The Labute approximate surface area is 200 Å². The van der Waals surface area contributed by atoms with Gasteiger partial charge in [0, 0.05) is 24.5 Å². The molecular formula is C24H25F3N6O2. The molecule has 2 aliphatic rings. The van der Waals surface area contributed by atoms with Gasteiger partial charge in [0.25, 0.3) is 11.9 Å². The summed E-state index contributed by atoms with van der Waals surface area (Å²) in [7, 11) is 0. The molecule has 35 heavy (non-hydrogen) atoms. The number of carbonyl (C=O) groups is 1. The topological polar surface area (TPSA) is 86.0 Å². The van der Waals surface area contributed by atoms with Crippen LogP contribution in [0, 0.1) is 5.92 Å². The monoisotopic (exact) mass is 486 g/mol. The van der Waals surface area contributed by atoms with Crippen molar-refractivity contribution >= 4 is 5.91 Å². The molecule has 8 nitrogen and oxygen atoms in total. The number of benzene rings is 1. The maximum Gasteiger partial charge on any atom is 0.416 e. The molecule has 1 amide bonds. The molecule has 2 aliphatic carbocycles. The van der Waals surface area contributed by atoms with Gasteiger partial charge in [-0.25, -0.2) is 15.0 Å². The van der Waals surface area contributed by atoms with Crippen molar-refractivity contribution in [3.63, 3.8) is 0 Å². The van der Waals surface area contributed by atoms with Crippen LogP contribution in [0.3, 0.4) is 0 Å². The summed E-state index contributed by atoms with van der Waals surface area (Å²) in [6.45, 7) is 2.18. The van der Waals surface area contributed by atoms with Gasteiger partial charge in [-0.1, -0.05) is 0 Å². The summed E-state index contributed by atoms with van der Waals surface area (Å²) in [4.78, 5) is 28.0. The Bertz CT molecular complexity index is 1190. The van der Waals surface area contributed by atoms with Gasteiger partial charge < -0.3 is 9.64 Å². The van der Waals surface area contributed by atoms with E-state index in [4.69, 9.17) is 4.74 Å². The number of hydrogen-bond donors (Lipinski definition) is 0. The predicted molar refractivity (Wildman–Crippen MR) is 119 cm³/mol. The Kier molecular flexibility index (Phi) is 6.16. The standard InChI is InChI=1S/C24H25F3N6O2/c1-15(21-30-14-31-33(21)23-28-8-3-9-29-23)32(13-16-6-7-16)22(34)17-10-18(24(25,26)27)12-20(11-17)35-19-4-2-5-19/h3,8-12,14-16,19H,2,4-7,13H2,1H3. The van der Waals surface area contributed by atoms with Crippen LogP contribution in [0.25, 0.3) is 5.95 Å². The number of rotatable bonds is 8. The quantitative estimate of drug-likeness (QED) is 0.462. The molecule has 3 aromatic rings. The van der Waals surface area contributed by atoms with Crippen molar-refractivity contribution in [1.82, 2.24) is 29.6 Å². The smallest absolute Gasteiger partial charge is 0.416 e. The average molecular weight is 486 g/mol. The molecule has 0 saturated heterocycles. The van der Waals surface area contributed by atoms with Gasteiger partial charge in [0.05, 0.1) is 17.7 Å². The Hall–Kier alpha value is -3.50. The molecule has 0 spiro atoms. The van der Waals surface area contributed by atoms with Gasteiger partial charge in [-0.15, -0.1) is 0 Å². The summed E-state index contributed by atoms with van der Waals surface area (Å²) in [5.74, 6) is 0.552. The minimum Gasteiger partial charge on any atom is -0.490 e. The molecule has 11 heteroatoms. The van der Waals surface area contributed by atoms with Crippen molar-refractivity contribution in [2.75, 3.05) is 6.54 Å². The molecule has 0 aliphatic heterocycles. The number of nitrogens with zero attached hydrogens (tertiary/aromatic N) is 6. The zero-order chi connectivity index (χ0) is 24.6. The lowest BCUT2D eigenvalue weighted by Crippen LogP contribution is -2.37.